The normalized spacial score (nSPS) is 15.7. The first-order valence-corrected chi connectivity index (χ1v) is 11.4. The predicted octanol–water partition coefficient (Wildman–Crippen LogP) is 2.17. The van der Waals surface area contributed by atoms with Crippen molar-refractivity contribution < 1.29 is 12.9 Å². The molecule has 0 unspecified atom stereocenters. The molecule has 1 saturated heterocycles. The van der Waals surface area contributed by atoms with Crippen molar-refractivity contribution >= 4 is 40.0 Å². The van der Waals surface area contributed by atoms with Crippen LogP contribution in [0.4, 0.5) is 0 Å². The van der Waals surface area contributed by atoms with Gasteiger partial charge in [0.25, 0.3) is 0 Å². The van der Waals surface area contributed by atoms with Crippen molar-refractivity contribution in [2.24, 2.45) is 4.99 Å². The molecule has 1 aliphatic rings. The molecule has 1 aromatic carbocycles. The maximum Gasteiger partial charge on any atom is 0.220 e. The number of halogens is 1. The lowest BCUT2D eigenvalue weighted by Crippen LogP contribution is -2.54. The Morgan fingerprint density at radius 3 is 2.40 bits per heavy atom. The fraction of sp³-hybridized carbons (Fsp3) is 0.500. The van der Waals surface area contributed by atoms with E-state index in [9.17, 15) is 8.42 Å². The van der Waals surface area contributed by atoms with E-state index in [1.54, 1.807) is 13.1 Å². The number of aliphatic imine (C=N–C) groups is 1. The summed E-state index contributed by atoms with van der Waals surface area (Å²) in [7, 11) is -1.64. The van der Waals surface area contributed by atoms with Crippen molar-refractivity contribution in [2.75, 3.05) is 39.8 Å². The van der Waals surface area contributed by atoms with E-state index in [0.29, 0.717) is 31.9 Å². The van der Waals surface area contributed by atoms with Crippen molar-refractivity contribution in [1.82, 2.24) is 19.7 Å². The fourth-order valence-corrected chi connectivity index (χ4v) is 5.06. The van der Waals surface area contributed by atoms with Gasteiger partial charge in [-0.2, -0.15) is 4.31 Å². The first kappa shape index (κ1) is 24.6. The van der Waals surface area contributed by atoms with Crippen LogP contribution in [0.15, 0.2) is 40.0 Å². The summed E-state index contributed by atoms with van der Waals surface area (Å²) >= 11 is 0. The van der Waals surface area contributed by atoms with Crippen molar-refractivity contribution in [3.05, 3.63) is 52.9 Å². The second-order valence-corrected chi connectivity index (χ2v) is 9.32. The van der Waals surface area contributed by atoms with Crippen molar-refractivity contribution in [1.29, 1.82) is 0 Å². The molecule has 30 heavy (non-hydrogen) atoms. The van der Waals surface area contributed by atoms with Crippen LogP contribution in [0.5, 0.6) is 0 Å². The highest BCUT2D eigenvalue weighted by atomic mass is 127. The highest BCUT2D eigenvalue weighted by Gasteiger charge is 2.28. The summed E-state index contributed by atoms with van der Waals surface area (Å²) in [4.78, 5) is 6.47. The Morgan fingerprint density at radius 1 is 1.17 bits per heavy atom. The highest BCUT2D eigenvalue weighted by molar-refractivity contribution is 14.0. The van der Waals surface area contributed by atoms with Gasteiger partial charge in [-0.05, 0) is 25.8 Å². The fourth-order valence-electron chi connectivity index (χ4n) is 3.63. The van der Waals surface area contributed by atoms with Gasteiger partial charge >= 0.3 is 0 Å². The summed E-state index contributed by atoms with van der Waals surface area (Å²) in [6, 6.07) is 8.16. The maximum absolute atomic E-state index is 12.6. The summed E-state index contributed by atoms with van der Waals surface area (Å²) in [5.74, 6) is 0.676. The molecule has 0 aliphatic carbocycles. The van der Waals surface area contributed by atoms with Gasteiger partial charge < -0.3 is 14.7 Å². The van der Waals surface area contributed by atoms with Gasteiger partial charge in [-0.3, -0.25) is 4.99 Å². The molecule has 10 heteroatoms. The smallest absolute Gasteiger partial charge is 0.220 e. The summed E-state index contributed by atoms with van der Waals surface area (Å²) in [6.45, 7) is 7.05. The van der Waals surface area contributed by atoms with Gasteiger partial charge in [0.2, 0.25) is 10.0 Å². The number of rotatable bonds is 6. The van der Waals surface area contributed by atoms with Crippen molar-refractivity contribution in [2.45, 2.75) is 26.0 Å². The molecular weight excluding hydrogens is 517 g/mol. The third-order valence-corrected chi connectivity index (χ3v) is 6.76. The zero-order valence-electron chi connectivity index (χ0n) is 17.7. The first-order valence-electron chi connectivity index (χ1n) is 9.77. The van der Waals surface area contributed by atoms with Crippen LogP contribution in [-0.2, 0) is 22.2 Å². The predicted molar refractivity (Wildman–Crippen MR) is 129 cm³/mol. The topological polar surface area (TPSA) is 91.0 Å². The largest absolute Gasteiger partial charge is 0.364 e. The van der Waals surface area contributed by atoms with E-state index in [0.717, 1.165) is 18.9 Å². The number of nitrogens with zero attached hydrogens (tertiary/aromatic N) is 4. The number of hydrogen-bond donors (Lipinski definition) is 1. The van der Waals surface area contributed by atoms with Gasteiger partial charge in [-0.15, -0.1) is 24.0 Å². The highest BCUT2D eigenvalue weighted by Crippen LogP contribution is 2.13. The van der Waals surface area contributed by atoms with E-state index in [4.69, 9.17) is 4.52 Å². The van der Waals surface area contributed by atoms with Crippen LogP contribution in [0.2, 0.25) is 0 Å². The third-order valence-electron chi connectivity index (χ3n) is 4.94. The lowest BCUT2D eigenvalue weighted by Gasteiger charge is -2.35. The SMILES string of the molecule is CN=C(NCCc1cc(C)cc(C)c1)N1CCN(S(=O)(=O)Cc2ccon2)CC1.I. The molecule has 0 atom stereocenters. The molecule has 0 radical (unpaired) electrons. The zero-order chi connectivity index (χ0) is 20.9. The lowest BCUT2D eigenvalue weighted by atomic mass is 10.1. The Bertz CT molecular complexity index is 919. The number of guanidine groups is 1. The molecule has 0 spiro atoms. The van der Waals surface area contributed by atoms with Crippen LogP contribution in [0.3, 0.4) is 0 Å². The lowest BCUT2D eigenvalue weighted by molar-refractivity contribution is 0.260. The van der Waals surface area contributed by atoms with Gasteiger partial charge in [-0.1, -0.05) is 34.5 Å². The zero-order valence-corrected chi connectivity index (χ0v) is 20.8. The monoisotopic (exact) mass is 547 g/mol. The number of aromatic nitrogens is 1. The summed E-state index contributed by atoms with van der Waals surface area (Å²) < 4.78 is 31.4. The Kier molecular flexibility index (Phi) is 9.10. The Morgan fingerprint density at radius 2 is 1.83 bits per heavy atom. The number of sulfonamides is 1. The van der Waals surface area contributed by atoms with Crippen LogP contribution in [0.1, 0.15) is 22.4 Å². The van der Waals surface area contributed by atoms with Crippen LogP contribution in [0, 0.1) is 13.8 Å². The molecule has 2 aromatic rings. The summed E-state index contributed by atoms with van der Waals surface area (Å²) in [5, 5.41) is 7.10. The molecule has 1 N–H and O–H groups in total. The van der Waals surface area contributed by atoms with E-state index >= 15 is 0 Å². The average molecular weight is 547 g/mol. The van der Waals surface area contributed by atoms with Crippen LogP contribution in [-0.4, -0.2) is 68.5 Å². The third kappa shape index (κ3) is 6.67. The molecule has 1 aromatic heterocycles. The minimum atomic E-state index is -3.40. The first-order chi connectivity index (χ1) is 13.9. The molecule has 8 nitrogen and oxygen atoms in total. The van der Waals surface area contributed by atoms with Crippen LogP contribution in [0.25, 0.3) is 0 Å². The van der Waals surface area contributed by atoms with Crippen LogP contribution >= 0.6 is 24.0 Å². The Balaban J connectivity index is 0.00000320. The van der Waals surface area contributed by atoms with Crippen LogP contribution < -0.4 is 5.32 Å². The minimum Gasteiger partial charge on any atom is -0.364 e. The second-order valence-electron chi connectivity index (χ2n) is 7.35. The van der Waals surface area contributed by atoms with Crippen molar-refractivity contribution in [3.8, 4) is 0 Å². The number of piperazine rings is 1. The number of benzene rings is 1. The molecule has 166 valence electrons. The molecule has 0 amide bonds. The quantitative estimate of drug-likeness (QED) is 0.339. The molecule has 0 bridgehead atoms. The summed E-state index contributed by atoms with van der Waals surface area (Å²) in [6.07, 6.45) is 2.30. The van der Waals surface area contributed by atoms with Gasteiger partial charge in [0.15, 0.2) is 5.96 Å². The van der Waals surface area contributed by atoms with Gasteiger partial charge in [-0.25, -0.2) is 8.42 Å². The molecule has 1 aliphatic heterocycles. The van der Waals surface area contributed by atoms with E-state index in [2.05, 4.69) is 52.4 Å². The molecule has 3 rings (SSSR count). The second kappa shape index (κ2) is 11.1. The van der Waals surface area contributed by atoms with Gasteiger partial charge in [0.1, 0.15) is 12.0 Å². The Labute approximate surface area is 195 Å². The summed E-state index contributed by atoms with van der Waals surface area (Å²) in [5.41, 5.74) is 4.27. The maximum atomic E-state index is 12.6. The number of hydrogen-bond acceptors (Lipinski definition) is 5. The standard InChI is InChI=1S/C20H29N5O3S.HI/c1-16-12-17(2)14-18(13-16)4-6-22-20(21-3)24-7-9-25(10-8-24)29(26,27)15-19-5-11-28-23-19;/h5,11-14H,4,6-10,15H2,1-3H3,(H,21,22);1H. The van der Waals surface area contributed by atoms with Crippen molar-refractivity contribution in [3.63, 3.8) is 0 Å². The molecular formula is C20H30IN5O3S. The number of aryl methyl sites for hydroxylation is 2. The Hall–Kier alpha value is -1.66. The molecule has 2 heterocycles. The minimum absolute atomic E-state index is 0. The van der Waals surface area contributed by atoms with E-state index < -0.39 is 10.0 Å². The van der Waals surface area contributed by atoms with Gasteiger partial charge in [0, 0.05) is 45.8 Å². The number of nitrogens with one attached hydrogen (secondary N) is 1. The van der Waals surface area contributed by atoms with E-state index in [-0.39, 0.29) is 29.7 Å². The average Bonchev–Trinajstić information content (AvgIpc) is 3.17. The molecule has 0 saturated carbocycles. The van der Waals surface area contributed by atoms with E-state index in [1.165, 1.54) is 27.3 Å². The van der Waals surface area contributed by atoms with E-state index in [1.807, 2.05) is 0 Å². The molecule has 1 fully saturated rings. The van der Waals surface area contributed by atoms with Gasteiger partial charge in [0.05, 0.1) is 5.69 Å².